The molecule has 0 saturated carbocycles. The third-order valence-corrected chi connectivity index (χ3v) is 3.04. The lowest BCUT2D eigenvalue weighted by Gasteiger charge is -2.14. The number of nitrogens with two attached hydrogens (primary N) is 1. The standard InChI is InChI=1S/C14H19FN4/c1-2-6-19-10-12(9-17-19)14(18-16)8-11-4-3-5-13(15)7-11/h3-5,7,9-10,14,18H,2,6,8,16H2,1H3. The molecular weight excluding hydrogens is 243 g/mol. The van der Waals surface area contributed by atoms with Crippen LogP contribution in [0, 0.1) is 5.82 Å². The maximum atomic E-state index is 13.2. The highest BCUT2D eigenvalue weighted by Crippen LogP contribution is 2.17. The minimum absolute atomic E-state index is 0.0626. The summed E-state index contributed by atoms with van der Waals surface area (Å²) in [6.45, 7) is 2.99. The van der Waals surface area contributed by atoms with Crippen LogP contribution in [0.3, 0.4) is 0 Å². The summed E-state index contributed by atoms with van der Waals surface area (Å²) in [5, 5.41) is 4.28. The van der Waals surface area contributed by atoms with E-state index in [1.165, 1.54) is 12.1 Å². The van der Waals surface area contributed by atoms with Crippen LogP contribution in [0.5, 0.6) is 0 Å². The summed E-state index contributed by atoms with van der Waals surface area (Å²) in [6, 6.07) is 6.50. The zero-order valence-corrected chi connectivity index (χ0v) is 11.0. The Bertz CT molecular complexity index is 524. The van der Waals surface area contributed by atoms with E-state index in [1.807, 2.05) is 16.9 Å². The summed E-state index contributed by atoms with van der Waals surface area (Å²) in [5.41, 5.74) is 4.69. The van der Waals surface area contributed by atoms with Gasteiger partial charge in [0.1, 0.15) is 5.82 Å². The van der Waals surface area contributed by atoms with E-state index in [-0.39, 0.29) is 11.9 Å². The number of halogens is 1. The number of aryl methyl sites for hydroxylation is 1. The first kappa shape index (κ1) is 13.7. The lowest BCUT2D eigenvalue weighted by Crippen LogP contribution is -2.29. The van der Waals surface area contributed by atoms with Gasteiger partial charge in [-0.05, 0) is 30.5 Å². The monoisotopic (exact) mass is 262 g/mol. The summed E-state index contributed by atoms with van der Waals surface area (Å²) >= 11 is 0. The van der Waals surface area contributed by atoms with Crippen molar-refractivity contribution in [2.24, 2.45) is 5.84 Å². The van der Waals surface area contributed by atoms with Gasteiger partial charge in [0.05, 0.1) is 12.2 Å². The fourth-order valence-corrected chi connectivity index (χ4v) is 2.08. The molecule has 3 N–H and O–H groups in total. The number of hydrogen-bond donors (Lipinski definition) is 2. The molecule has 0 bridgehead atoms. The van der Waals surface area contributed by atoms with Crippen LogP contribution in [0.2, 0.25) is 0 Å². The van der Waals surface area contributed by atoms with Gasteiger partial charge in [-0.2, -0.15) is 5.10 Å². The molecule has 102 valence electrons. The summed E-state index contributed by atoms with van der Waals surface area (Å²) in [4.78, 5) is 0. The Morgan fingerprint density at radius 1 is 1.47 bits per heavy atom. The minimum atomic E-state index is -0.227. The Morgan fingerprint density at radius 3 is 3.00 bits per heavy atom. The highest BCUT2D eigenvalue weighted by Gasteiger charge is 2.13. The van der Waals surface area contributed by atoms with Crippen molar-refractivity contribution < 1.29 is 4.39 Å². The van der Waals surface area contributed by atoms with Crippen LogP contribution in [-0.2, 0) is 13.0 Å². The first-order chi connectivity index (χ1) is 9.22. The molecule has 2 rings (SSSR count). The maximum Gasteiger partial charge on any atom is 0.123 e. The average molecular weight is 262 g/mol. The van der Waals surface area contributed by atoms with E-state index in [2.05, 4.69) is 17.4 Å². The molecule has 2 aromatic rings. The summed E-state index contributed by atoms with van der Waals surface area (Å²) in [6.07, 6.45) is 5.45. The minimum Gasteiger partial charge on any atom is -0.272 e. The third kappa shape index (κ3) is 3.62. The Labute approximate surface area is 112 Å². The number of hydrogen-bond acceptors (Lipinski definition) is 3. The number of aromatic nitrogens is 2. The predicted molar refractivity (Wildman–Crippen MR) is 72.7 cm³/mol. The zero-order valence-electron chi connectivity index (χ0n) is 11.0. The molecule has 1 aromatic heterocycles. The van der Waals surface area contributed by atoms with Gasteiger partial charge in [0.15, 0.2) is 0 Å². The molecule has 0 spiro atoms. The van der Waals surface area contributed by atoms with E-state index in [0.29, 0.717) is 6.42 Å². The molecule has 1 heterocycles. The molecule has 0 radical (unpaired) electrons. The van der Waals surface area contributed by atoms with Crippen LogP contribution in [0.15, 0.2) is 36.7 Å². The van der Waals surface area contributed by atoms with Crippen LogP contribution in [0.1, 0.15) is 30.5 Å². The molecule has 1 atom stereocenters. The smallest absolute Gasteiger partial charge is 0.123 e. The first-order valence-electron chi connectivity index (χ1n) is 6.46. The number of nitrogens with one attached hydrogen (secondary N) is 1. The second-order valence-electron chi connectivity index (χ2n) is 4.59. The van der Waals surface area contributed by atoms with Crippen LogP contribution in [-0.4, -0.2) is 9.78 Å². The third-order valence-electron chi connectivity index (χ3n) is 3.04. The lowest BCUT2D eigenvalue weighted by molar-refractivity contribution is 0.545. The van der Waals surface area contributed by atoms with Gasteiger partial charge < -0.3 is 0 Å². The summed E-state index contributed by atoms with van der Waals surface area (Å²) < 4.78 is 15.1. The van der Waals surface area contributed by atoms with Crippen LogP contribution in [0.4, 0.5) is 4.39 Å². The van der Waals surface area contributed by atoms with Crippen LogP contribution < -0.4 is 11.3 Å². The number of benzene rings is 1. The highest BCUT2D eigenvalue weighted by molar-refractivity contribution is 5.21. The van der Waals surface area contributed by atoms with Gasteiger partial charge in [0.2, 0.25) is 0 Å². The van der Waals surface area contributed by atoms with Crippen molar-refractivity contribution in [2.75, 3.05) is 0 Å². The van der Waals surface area contributed by atoms with E-state index in [9.17, 15) is 4.39 Å². The van der Waals surface area contributed by atoms with Crippen molar-refractivity contribution >= 4 is 0 Å². The predicted octanol–water partition coefficient (Wildman–Crippen LogP) is 2.18. The normalized spacial score (nSPS) is 12.6. The summed E-state index contributed by atoms with van der Waals surface area (Å²) in [5.74, 6) is 5.37. The summed E-state index contributed by atoms with van der Waals surface area (Å²) in [7, 11) is 0. The quantitative estimate of drug-likeness (QED) is 0.619. The lowest BCUT2D eigenvalue weighted by atomic mass is 10.0. The fraction of sp³-hybridized carbons (Fsp3) is 0.357. The van der Waals surface area contributed by atoms with E-state index in [4.69, 9.17) is 5.84 Å². The molecule has 0 amide bonds. The SMILES string of the molecule is CCCn1cc(C(Cc2cccc(F)c2)NN)cn1. The molecule has 4 nitrogen and oxygen atoms in total. The van der Waals surface area contributed by atoms with Gasteiger partial charge in [-0.1, -0.05) is 19.1 Å². The highest BCUT2D eigenvalue weighted by atomic mass is 19.1. The van der Waals surface area contributed by atoms with E-state index in [0.717, 1.165) is 24.1 Å². The number of nitrogens with zero attached hydrogens (tertiary/aromatic N) is 2. The Balaban J connectivity index is 2.10. The van der Waals surface area contributed by atoms with Crippen molar-refractivity contribution in [2.45, 2.75) is 32.4 Å². The number of hydrazine groups is 1. The Kier molecular flexibility index (Phi) is 4.65. The van der Waals surface area contributed by atoms with Crippen LogP contribution in [0.25, 0.3) is 0 Å². The van der Waals surface area contributed by atoms with Gasteiger partial charge in [-0.15, -0.1) is 0 Å². The van der Waals surface area contributed by atoms with E-state index in [1.54, 1.807) is 12.3 Å². The molecule has 0 aliphatic rings. The van der Waals surface area contributed by atoms with Crippen molar-refractivity contribution in [1.82, 2.24) is 15.2 Å². The number of rotatable bonds is 6. The van der Waals surface area contributed by atoms with Crippen molar-refractivity contribution in [3.63, 3.8) is 0 Å². The van der Waals surface area contributed by atoms with E-state index >= 15 is 0 Å². The second-order valence-corrected chi connectivity index (χ2v) is 4.59. The molecule has 0 saturated heterocycles. The van der Waals surface area contributed by atoms with Gasteiger partial charge in [-0.25, -0.2) is 4.39 Å². The van der Waals surface area contributed by atoms with Gasteiger partial charge in [0.25, 0.3) is 0 Å². The molecular formula is C14H19FN4. The molecule has 1 unspecified atom stereocenters. The first-order valence-corrected chi connectivity index (χ1v) is 6.46. The molecule has 0 aliphatic carbocycles. The topological polar surface area (TPSA) is 55.9 Å². The Hall–Kier alpha value is -1.72. The second kappa shape index (κ2) is 6.45. The van der Waals surface area contributed by atoms with Gasteiger partial charge >= 0.3 is 0 Å². The maximum absolute atomic E-state index is 13.2. The largest absolute Gasteiger partial charge is 0.272 e. The molecule has 1 aromatic carbocycles. The average Bonchev–Trinajstić information content (AvgIpc) is 2.85. The van der Waals surface area contributed by atoms with Crippen LogP contribution >= 0.6 is 0 Å². The molecule has 0 fully saturated rings. The van der Waals surface area contributed by atoms with Crippen molar-refractivity contribution in [3.05, 3.63) is 53.6 Å². The molecule has 0 aliphatic heterocycles. The Morgan fingerprint density at radius 2 is 2.32 bits per heavy atom. The van der Waals surface area contributed by atoms with E-state index < -0.39 is 0 Å². The van der Waals surface area contributed by atoms with Crippen molar-refractivity contribution in [1.29, 1.82) is 0 Å². The fourth-order valence-electron chi connectivity index (χ4n) is 2.08. The molecule has 19 heavy (non-hydrogen) atoms. The zero-order chi connectivity index (χ0) is 13.7. The van der Waals surface area contributed by atoms with Gasteiger partial charge in [-0.3, -0.25) is 16.0 Å². The van der Waals surface area contributed by atoms with Crippen molar-refractivity contribution in [3.8, 4) is 0 Å². The van der Waals surface area contributed by atoms with Gasteiger partial charge in [0, 0.05) is 18.3 Å². The molecule has 5 heteroatoms.